The molecule has 0 radical (unpaired) electrons. The maximum absolute atomic E-state index is 12.5. The van der Waals surface area contributed by atoms with Gasteiger partial charge in [-0.05, 0) is 38.1 Å². The normalized spacial score (nSPS) is 14.7. The summed E-state index contributed by atoms with van der Waals surface area (Å²) in [6.07, 6.45) is 0. The first-order valence-electron chi connectivity index (χ1n) is 7.59. The van der Waals surface area contributed by atoms with Crippen LogP contribution in [0.15, 0.2) is 48.5 Å². The third-order valence-electron chi connectivity index (χ3n) is 3.95. The minimum absolute atomic E-state index is 0.116. The molecule has 1 aliphatic heterocycles. The number of nitrogens with one attached hydrogen (secondary N) is 2. The van der Waals surface area contributed by atoms with E-state index in [4.69, 9.17) is 0 Å². The number of amides is 2. The van der Waals surface area contributed by atoms with E-state index in [0.29, 0.717) is 0 Å². The van der Waals surface area contributed by atoms with Crippen LogP contribution in [0.5, 0.6) is 0 Å². The van der Waals surface area contributed by atoms with Crippen molar-refractivity contribution in [3.8, 4) is 0 Å². The highest BCUT2D eigenvalue weighted by Crippen LogP contribution is 2.30. The fourth-order valence-electron chi connectivity index (χ4n) is 2.65. The summed E-state index contributed by atoms with van der Waals surface area (Å²) in [5, 5.41) is 5.93. The number of hydrogen-bond donors (Lipinski definition) is 2. The minimum Gasteiger partial charge on any atom is -0.374 e. The lowest BCUT2D eigenvalue weighted by molar-refractivity contribution is -0.122. The molecule has 23 heavy (non-hydrogen) atoms. The van der Waals surface area contributed by atoms with Crippen LogP contribution in [-0.4, -0.2) is 24.4 Å². The Bertz CT molecular complexity index is 740. The number of rotatable bonds is 3. The van der Waals surface area contributed by atoms with Crippen LogP contribution in [0.4, 0.5) is 17.1 Å². The predicted octanol–water partition coefficient (Wildman–Crippen LogP) is 2.78. The van der Waals surface area contributed by atoms with Crippen molar-refractivity contribution >= 4 is 28.9 Å². The SMILES string of the molecule is Cc1ccc(NC(=O)C(C)N2C(=O)CNc3ccccc32)cc1. The number of hydrogen-bond acceptors (Lipinski definition) is 3. The van der Waals surface area contributed by atoms with Crippen LogP contribution in [0.1, 0.15) is 12.5 Å². The molecular weight excluding hydrogens is 290 g/mol. The fourth-order valence-corrected chi connectivity index (χ4v) is 2.65. The summed E-state index contributed by atoms with van der Waals surface area (Å²) in [4.78, 5) is 26.4. The van der Waals surface area contributed by atoms with Gasteiger partial charge in [0.15, 0.2) is 0 Å². The number of benzene rings is 2. The lowest BCUT2D eigenvalue weighted by atomic mass is 10.1. The summed E-state index contributed by atoms with van der Waals surface area (Å²) >= 11 is 0. The number of fused-ring (bicyclic) bond motifs is 1. The maximum atomic E-state index is 12.5. The first-order valence-corrected chi connectivity index (χ1v) is 7.59. The first-order chi connectivity index (χ1) is 11.1. The quantitative estimate of drug-likeness (QED) is 0.916. The van der Waals surface area contributed by atoms with Crippen LogP contribution in [0, 0.1) is 6.92 Å². The molecule has 1 heterocycles. The van der Waals surface area contributed by atoms with Crippen molar-refractivity contribution in [2.75, 3.05) is 22.1 Å². The molecule has 0 saturated carbocycles. The van der Waals surface area contributed by atoms with Gasteiger partial charge in [0.1, 0.15) is 6.04 Å². The molecule has 5 nitrogen and oxygen atoms in total. The smallest absolute Gasteiger partial charge is 0.247 e. The van der Waals surface area contributed by atoms with Crippen LogP contribution in [0.2, 0.25) is 0 Å². The molecular formula is C18H19N3O2. The van der Waals surface area contributed by atoms with Crippen molar-refractivity contribution in [2.24, 2.45) is 0 Å². The maximum Gasteiger partial charge on any atom is 0.247 e. The number of carbonyl (C=O) groups is 2. The average Bonchev–Trinajstić information content (AvgIpc) is 2.56. The molecule has 0 aromatic heterocycles. The van der Waals surface area contributed by atoms with Crippen LogP contribution < -0.4 is 15.5 Å². The van der Waals surface area contributed by atoms with Gasteiger partial charge in [-0.3, -0.25) is 14.5 Å². The molecule has 2 aromatic carbocycles. The molecule has 2 N–H and O–H groups in total. The van der Waals surface area contributed by atoms with E-state index in [0.717, 1.165) is 22.6 Å². The van der Waals surface area contributed by atoms with Crippen molar-refractivity contribution in [3.05, 3.63) is 54.1 Å². The van der Waals surface area contributed by atoms with Crippen LogP contribution in [-0.2, 0) is 9.59 Å². The standard InChI is InChI=1S/C18H19N3O2/c1-12-7-9-14(10-8-12)20-18(23)13(2)21-16-6-4-3-5-15(16)19-11-17(21)22/h3-10,13,19H,11H2,1-2H3,(H,20,23). The van der Waals surface area contributed by atoms with Gasteiger partial charge >= 0.3 is 0 Å². The summed E-state index contributed by atoms with van der Waals surface area (Å²) in [5.41, 5.74) is 3.45. The second-order valence-electron chi connectivity index (χ2n) is 5.67. The van der Waals surface area contributed by atoms with Crippen molar-refractivity contribution in [3.63, 3.8) is 0 Å². The average molecular weight is 309 g/mol. The molecule has 5 heteroatoms. The molecule has 118 valence electrons. The third-order valence-corrected chi connectivity index (χ3v) is 3.95. The zero-order valence-corrected chi connectivity index (χ0v) is 13.2. The van der Waals surface area contributed by atoms with E-state index in [1.54, 1.807) is 11.8 Å². The second kappa shape index (κ2) is 6.12. The summed E-state index contributed by atoms with van der Waals surface area (Å²) < 4.78 is 0. The topological polar surface area (TPSA) is 61.4 Å². The van der Waals surface area contributed by atoms with Gasteiger partial charge in [-0.15, -0.1) is 0 Å². The molecule has 0 bridgehead atoms. The molecule has 0 aliphatic carbocycles. The van der Waals surface area contributed by atoms with E-state index in [1.807, 2.05) is 55.5 Å². The summed E-state index contributed by atoms with van der Waals surface area (Å²) in [7, 11) is 0. The monoisotopic (exact) mass is 309 g/mol. The highest BCUT2D eigenvalue weighted by molar-refractivity contribution is 6.09. The van der Waals surface area contributed by atoms with Gasteiger partial charge in [0.05, 0.1) is 17.9 Å². The molecule has 1 atom stereocenters. The summed E-state index contributed by atoms with van der Waals surface area (Å²) in [5.74, 6) is -0.325. The predicted molar refractivity (Wildman–Crippen MR) is 91.7 cm³/mol. The number of anilines is 3. The van der Waals surface area contributed by atoms with Gasteiger partial charge in [-0.25, -0.2) is 0 Å². The Morgan fingerprint density at radius 1 is 1.17 bits per heavy atom. The number of aryl methyl sites for hydroxylation is 1. The van der Waals surface area contributed by atoms with E-state index in [2.05, 4.69) is 10.6 Å². The summed E-state index contributed by atoms with van der Waals surface area (Å²) in [6.45, 7) is 3.92. The van der Waals surface area contributed by atoms with Crippen molar-refractivity contribution in [1.82, 2.24) is 0 Å². The molecule has 2 amide bonds. The summed E-state index contributed by atoms with van der Waals surface area (Å²) in [6, 6.07) is 14.5. The molecule has 0 spiro atoms. The highest BCUT2D eigenvalue weighted by Gasteiger charge is 2.31. The Kier molecular flexibility index (Phi) is 4.02. The molecule has 3 rings (SSSR count). The van der Waals surface area contributed by atoms with E-state index in [1.165, 1.54) is 0 Å². The van der Waals surface area contributed by atoms with Crippen molar-refractivity contribution in [2.45, 2.75) is 19.9 Å². The first kappa shape index (κ1) is 15.1. The van der Waals surface area contributed by atoms with E-state index >= 15 is 0 Å². The van der Waals surface area contributed by atoms with E-state index in [9.17, 15) is 9.59 Å². The number of carbonyl (C=O) groups excluding carboxylic acids is 2. The van der Waals surface area contributed by atoms with Crippen LogP contribution in [0.25, 0.3) is 0 Å². The number of para-hydroxylation sites is 2. The van der Waals surface area contributed by atoms with Gasteiger partial charge in [0.2, 0.25) is 11.8 Å². The lowest BCUT2D eigenvalue weighted by Gasteiger charge is -2.34. The molecule has 0 fully saturated rings. The van der Waals surface area contributed by atoms with Crippen LogP contribution >= 0.6 is 0 Å². The van der Waals surface area contributed by atoms with E-state index < -0.39 is 6.04 Å². The van der Waals surface area contributed by atoms with E-state index in [-0.39, 0.29) is 18.4 Å². The van der Waals surface area contributed by atoms with Crippen molar-refractivity contribution < 1.29 is 9.59 Å². The van der Waals surface area contributed by atoms with Crippen LogP contribution in [0.3, 0.4) is 0 Å². The van der Waals surface area contributed by atoms with Gasteiger partial charge in [0.25, 0.3) is 0 Å². The van der Waals surface area contributed by atoms with Gasteiger partial charge < -0.3 is 10.6 Å². The van der Waals surface area contributed by atoms with Gasteiger partial charge in [-0.2, -0.15) is 0 Å². The van der Waals surface area contributed by atoms with Crippen molar-refractivity contribution in [1.29, 1.82) is 0 Å². The Morgan fingerprint density at radius 2 is 1.87 bits per heavy atom. The highest BCUT2D eigenvalue weighted by atomic mass is 16.2. The Hall–Kier alpha value is -2.82. The zero-order valence-electron chi connectivity index (χ0n) is 13.2. The molecule has 2 aromatic rings. The second-order valence-corrected chi connectivity index (χ2v) is 5.67. The molecule has 1 aliphatic rings. The molecule has 1 unspecified atom stereocenters. The Balaban J connectivity index is 1.81. The van der Waals surface area contributed by atoms with Gasteiger partial charge in [0, 0.05) is 5.69 Å². The lowest BCUT2D eigenvalue weighted by Crippen LogP contribution is -2.50. The largest absolute Gasteiger partial charge is 0.374 e. The zero-order chi connectivity index (χ0) is 16.4. The molecule has 0 saturated heterocycles. The third kappa shape index (κ3) is 3.04. The minimum atomic E-state index is -0.591. The Morgan fingerprint density at radius 3 is 2.61 bits per heavy atom. The fraction of sp³-hybridized carbons (Fsp3) is 0.222. The Labute approximate surface area is 135 Å². The van der Waals surface area contributed by atoms with Gasteiger partial charge in [-0.1, -0.05) is 29.8 Å². The number of nitrogens with zero attached hydrogens (tertiary/aromatic N) is 1.